The lowest BCUT2D eigenvalue weighted by Crippen LogP contribution is -2.50. The summed E-state index contributed by atoms with van der Waals surface area (Å²) in [4.78, 5) is 38.2. The number of aromatic nitrogens is 2. The Balaban J connectivity index is 1.47. The van der Waals surface area contributed by atoms with E-state index < -0.39 is 0 Å². The van der Waals surface area contributed by atoms with Crippen molar-refractivity contribution >= 4 is 39.2 Å². The number of amides is 1. The molecular formula is C24H30N4O3S2. The highest BCUT2D eigenvalue weighted by molar-refractivity contribution is 8.00. The molecule has 9 heteroatoms. The van der Waals surface area contributed by atoms with Gasteiger partial charge in [0.2, 0.25) is 5.91 Å². The van der Waals surface area contributed by atoms with Gasteiger partial charge in [-0.15, -0.1) is 11.3 Å². The van der Waals surface area contributed by atoms with Gasteiger partial charge in [-0.3, -0.25) is 14.2 Å². The first-order chi connectivity index (χ1) is 16.0. The fraction of sp³-hybridized carbons (Fsp3) is 0.542. The van der Waals surface area contributed by atoms with E-state index in [-0.39, 0.29) is 16.7 Å². The van der Waals surface area contributed by atoms with Crippen LogP contribution in [0, 0.1) is 0 Å². The number of carbonyl (C=O) groups is 1. The lowest BCUT2D eigenvalue weighted by Gasteiger charge is -2.35. The van der Waals surface area contributed by atoms with Crippen molar-refractivity contribution < 1.29 is 9.21 Å². The average Bonchev–Trinajstić information content (AvgIpc) is 3.48. The number of thiophene rings is 1. The van der Waals surface area contributed by atoms with E-state index in [0.717, 1.165) is 62.2 Å². The van der Waals surface area contributed by atoms with Crippen molar-refractivity contribution in [1.29, 1.82) is 0 Å². The van der Waals surface area contributed by atoms with E-state index in [0.29, 0.717) is 17.5 Å². The molecule has 33 heavy (non-hydrogen) atoms. The molecule has 1 fully saturated rings. The van der Waals surface area contributed by atoms with Crippen LogP contribution >= 0.6 is 23.1 Å². The third-order valence-electron chi connectivity index (χ3n) is 6.70. The van der Waals surface area contributed by atoms with Crippen molar-refractivity contribution in [2.24, 2.45) is 0 Å². The van der Waals surface area contributed by atoms with E-state index in [4.69, 9.17) is 9.40 Å². The molecule has 1 atom stereocenters. The van der Waals surface area contributed by atoms with Crippen LogP contribution in [0.2, 0.25) is 0 Å². The lowest BCUT2D eigenvalue weighted by atomic mass is 9.97. The number of hydrogen-bond acceptors (Lipinski definition) is 7. The zero-order valence-electron chi connectivity index (χ0n) is 19.2. The van der Waals surface area contributed by atoms with E-state index in [9.17, 15) is 9.59 Å². The van der Waals surface area contributed by atoms with Crippen molar-refractivity contribution in [3.05, 3.63) is 45.0 Å². The van der Waals surface area contributed by atoms with E-state index in [2.05, 4.69) is 11.8 Å². The SMILES string of the molecule is CCN1CCN(C(=O)C(C)Sc2nc3sc4c(c3c(=O)n2Cc2ccco2)CCCC4)CC1. The molecule has 1 aliphatic carbocycles. The van der Waals surface area contributed by atoms with Crippen LogP contribution in [0.4, 0.5) is 0 Å². The first-order valence-corrected chi connectivity index (χ1v) is 13.5. The number of rotatable bonds is 6. The first-order valence-electron chi connectivity index (χ1n) is 11.8. The minimum absolute atomic E-state index is 0.0190. The molecule has 1 amide bonds. The Kier molecular flexibility index (Phi) is 6.62. The van der Waals surface area contributed by atoms with Crippen molar-refractivity contribution in [3.63, 3.8) is 0 Å². The van der Waals surface area contributed by atoms with Crippen LogP contribution in [-0.2, 0) is 24.2 Å². The van der Waals surface area contributed by atoms with Gasteiger partial charge in [-0.05, 0) is 56.8 Å². The summed E-state index contributed by atoms with van der Waals surface area (Å²) in [7, 11) is 0. The summed E-state index contributed by atoms with van der Waals surface area (Å²) in [6, 6.07) is 3.70. The summed E-state index contributed by atoms with van der Waals surface area (Å²) in [5.41, 5.74) is 1.16. The largest absolute Gasteiger partial charge is 0.467 e. The maximum absolute atomic E-state index is 13.7. The Labute approximate surface area is 201 Å². The van der Waals surface area contributed by atoms with Gasteiger partial charge in [0.1, 0.15) is 10.6 Å². The molecular weight excluding hydrogens is 456 g/mol. The Morgan fingerprint density at radius 2 is 2.03 bits per heavy atom. The van der Waals surface area contributed by atoms with E-state index in [1.165, 1.54) is 28.6 Å². The monoisotopic (exact) mass is 486 g/mol. The van der Waals surface area contributed by atoms with Gasteiger partial charge in [0.25, 0.3) is 5.56 Å². The highest BCUT2D eigenvalue weighted by atomic mass is 32.2. The van der Waals surface area contributed by atoms with Gasteiger partial charge in [-0.2, -0.15) is 0 Å². The van der Waals surface area contributed by atoms with Crippen LogP contribution in [0.25, 0.3) is 10.2 Å². The molecule has 3 aromatic rings. The summed E-state index contributed by atoms with van der Waals surface area (Å²) in [6.07, 6.45) is 5.86. The number of likely N-dealkylation sites (N-methyl/N-ethyl adjacent to an activating group) is 1. The second kappa shape index (κ2) is 9.64. The van der Waals surface area contributed by atoms with Gasteiger partial charge in [-0.1, -0.05) is 18.7 Å². The molecule has 0 bridgehead atoms. The third-order valence-corrected chi connectivity index (χ3v) is 8.96. The summed E-state index contributed by atoms with van der Waals surface area (Å²) in [5, 5.41) is 1.04. The summed E-state index contributed by atoms with van der Waals surface area (Å²) >= 11 is 3.04. The molecule has 0 aromatic carbocycles. The Morgan fingerprint density at radius 1 is 1.24 bits per heavy atom. The van der Waals surface area contributed by atoms with Gasteiger partial charge in [0.05, 0.1) is 23.4 Å². The topological polar surface area (TPSA) is 71.6 Å². The van der Waals surface area contributed by atoms with Gasteiger partial charge in [0.15, 0.2) is 5.16 Å². The molecule has 176 valence electrons. The maximum Gasteiger partial charge on any atom is 0.263 e. The number of furan rings is 1. The van der Waals surface area contributed by atoms with Gasteiger partial charge in [0, 0.05) is 31.1 Å². The lowest BCUT2D eigenvalue weighted by molar-refractivity contribution is -0.132. The zero-order chi connectivity index (χ0) is 22.9. The van der Waals surface area contributed by atoms with Gasteiger partial charge in [-0.25, -0.2) is 4.98 Å². The molecule has 2 aliphatic rings. The smallest absolute Gasteiger partial charge is 0.263 e. The standard InChI is InChI=1S/C24H30N4O3S2/c1-3-26-10-12-27(13-11-26)22(29)16(2)32-24-25-21-20(18-8-4-5-9-19(18)33-21)23(30)28(24)15-17-7-6-14-31-17/h6-7,14,16H,3-5,8-13,15H2,1-2H3. The highest BCUT2D eigenvalue weighted by Gasteiger charge is 2.28. The van der Waals surface area contributed by atoms with E-state index in [1.54, 1.807) is 22.2 Å². The predicted molar refractivity (Wildman–Crippen MR) is 132 cm³/mol. The number of hydrogen-bond donors (Lipinski definition) is 0. The molecule has 3 aromatic heterocycles. The summed E-state index contributed by atoms with van der Waals surface area (Å²) in [5.74, 6) is 0.819. The fourth-order valence-electron chi connectivity index (χ4n) is 4.76. The van der Waals surface area contributed by atoms with Crippen molar-refractivity contribution in [2.45, 2.75) is 56.5 Å². The molecule has 0 N–H and O–H groups in total. The second-order valence-electron chi connectivity index (χ2n) is 8.78. The number of carbonyl (C=O) groups excluding carboxylic acids is 1. The summed E-state index contributed by atoms with van der Waals surface area (Å²) in [6.45, 7) is 8.73. The van der Waals surface area contributed by atoms with E-state index >= 15 is 0 Å². The molecule has 7 nitrogen and oxygen atoms in total. The van der Waals surface area contributed by atoms with Crippen LogP contribution < -0.4 is 5.56 Å². The van der Waals surface area contributed by atoms with Crippen LogP contribution in [0.15, 0.2) is 32.8 Å². The average molecular weight is 487 g/mol. The normalized spacial score (nSPS) is 17.9. The Morgan fingerprint density at radius 3 is 2.76 bits per heavy atom. The first kappa shape index (κ1) is 22.7. The molecule has 0 spiro atoms. The number of thioether (sulfide) groups is 1. The third kappa shape index (κ3) is 4.50. The van der Waals surface area contributed by atoms with E-state index in [1.807, 2.05) is 24.0 Å². The van der Waals surface area contributed by atoms with Crippen molar-refractivity contribution in [1.82, 2.24) is 19.4 Å². The number of aryl methyl sites for hydroxylation is 2. The maximum atomic E-state index is 13.7. The van der Waals surface area contributed by atoms with Crippen molar-refractivity contribution in [2.75, 3.05) is 32.7 Å². The quantitative estimate of drug-likeness (QED) is 0.392. The number of fused-ring (bicyclic) bond motifs is 3. The molecule has 0 saturated carbocycles. The highest BCUT2D eigenvalue weighted by Crippen LogP contribution is 2.35. The van der Waals surface area contributed by atoms with Crippen LogP contribution in [-0.4, -0.2) is 63.2 Å². The van der Waals surface area contributed by atoms with Gasteiger partial charge >= 0.3 is 0 Å². The van der Waals surface area contributed by atoms with Gasteiger partial charge < -0.3 is 14.2 Å². The van der Waals surface area contributed by atoms with Crippen LogP contribution in [0.5, 0.6) is 0 Å². The van der Waals surface area contributed by atoms with Crippen LogP contribution in [0.1, 0.15) is 42.9 Å². The fourth-order valence-corrected chi connectivity index (χ4v) is 7.05. The molecule has 1 unspecified atom stereocenters. The van der Waals surface area contributed by atoms with Crippen molar-refractivity contribution in [3.8, 4) is 0 Å². The molecule has 5 rings (SSSR count). The molecule has 0 radical (unpaired) electrons. The number of piperazine rings is 1. The Hall–Kier alpha value is -2.10. The molecule has 1 aliphatic heterocycles. The Bertz CT molecular complexity index is 1190. The minimum Gasteiger partial charge on any atom is -0.467 e. The molecule has 1 saturated heterocycles. The summed E-state index contributed by atoms with van der Waals surface area (Å²) < 4.78 is 7.25. The predicted octanol–water partition coefficient (Wildman–Crippen LogP) is 3.62. The number of nitrogens with zero attached hydrogens (tertiary/aromatic N) is 4. The van der Waals surface area contributed by atoms with Crippen LogP contribution in [0.3, 0.4) is 0 Å². The second-order valence-corrected chi connectivity index (χ2v) is 11.2. The zero-order valence-corrected chi connectivity index (χ0v) is 20.8. The molecule has 4 heterocycles. The minimum atomic E-state index is -0.319.